The number of hydrogen-bond acceptors (Lipinski definition) is 3. The van der Waals surface area contributed by atoms with Gasteiger partial charge >= 0.3 is 12.0 Å². The summed E-state index contributed by atoms with van der Waals surface area (Å²) < 4.78 is 0. The first-order valence-corrected chi connectivity index (χ1v) is 8.21. The summed E-state index contributed by atoms with van der Waals surface area (Å²) in [6, 6.07) is 6.61. The number of amides is 3. The predicted molar refractivity (Wildman–Crippen MR) is 89.0 cm³/mol. The fourth-order valence-electron chi connectivity index (χ4n) is 3.85. The Kier molecular flexibility index (Phi) is 3.60. The summed E-state index contributed by atoms with van der Waals surface area (Å²) >= 11 is 0. The van der Waals surface area contributed by atoms with Crippen LogP contribution in [0.4, 0.5) is 4.79 Å². The molecule has 1 aromatic carbocycles. The average Bonchev–Trinajstić information content (AvgIpc) is 2.98. The van der Waals surface area contributed by atoms with Crippen molar-refractivity contribution in [1.29, 1.82) is 0 Å². The van der Waals surface area contributed by atoms with E-state index in [9.17, 15) is 14.4 Å². The van der Waals surface area contributed by atoms with Crippen molar-refractivity contribution in [3.63, 3.8) is 0 Å². The third kappa shape index (κ3) is 2.50. The topological polar surface area (TPSA) is 115 Å². The summed E-state index contributed by atoms with van der Waals surface area (Å²) in [7, 11) is 0. The highest BCUT2D eigenvalue weighted by Gasteiger charge is 2.44. The number of carboxylic acid groups (broad SMARTS) is 1. The van der Waals surface area contributed by atoms with Gasteiger partial charge in [0.1, 0.15) is 12.6 Å². The number of H-pyrrole nitrogens is 1. The number of aromatic amines is 1. The van der Waals surface area contributed by atoms with Gasteiger partial charge in [0.15, 0.2) is 0 Å². The summed E-state index contributed by atoms with van der Waals surface area (Å²) in [5, 5.41) is 15.0. The Bertz CT molecular complexity index is 875. The average molecular weight is 342 g/mol. The van der Waals surface area contributed by atoms with Crippen LogP contribution in [0.15, 0.2) is 24.3 Å². The molecule has 3 amide bonds. The number of nitrogens with zero attached hydrogens (tertiary/aromatic N) is 1. The molecule has 0 bridgehead atoms. The first-order valence-electron chi connectivity index (χ1n) is 8.21. The zero-order valence-corrected chi connectivity index (χ0v) is 13.4. The van der Waals surface area contributed by atoms with Gasteiger partial charge in [-0.1, -0.05) is 18.2 Å². The maximum Gasteiger partial charge on any atom is 0.322 e. The monoisotopic (exact) mass is 342 g/mol. The Morgan fingerprint density at radius 2 is 2.12 bits per heavy atom. The lowest BCUT2D eigenvalue weighted by Crippen LogP contribution is -2.60. The van der Waals surface area contributed by atoms with E-state index in [1.54, 1.807) is 4.90 Å². The Labute approximate surface area is 143 Å². The molecule has 1 saturated heterocycles. The van der Waals surface area contributed by atoms with Crippen LogP contribution in [-0.4, -0.2) is 52.0 Å². The number of para-hydroxylation sites is 1. The lowest BCUT2D eigenvalue weighted by molar-refractivity contribution is -0.138. The molecule has 3 heterocycles. The quantitative estimate of drug-likeness (QED) is 0.659. The third-order valence-corrected chi connectivity index (χ3v) is 4.89. The van der Waals surface area contributed by atoms with Crippen molar-refractivity contribution >= 4 is 28.8 Å². The van der Waals surface area contributed by atoms with Gasteiger partial charge in [0.05, 0.1) is 6.04 Å². The molecular formula is C17H18N4O4. The SMILES string of the molecule is O=C(O)CNC(=O)[C@@H]1Cc2c([nH]c3ccccc23)[C@H]2CCNC(=O)N21. The smallest absolute Gasteiger partial charge is 0.322 e. The van der Waals surface area contributed by atoms with Crippen LogP contribution in [0, 0.1) is 0 Å². The van der Waals surface area contributed by atoms with Crippen molar-refractivity contribution in [2.75, 3.05) is 13.1 Å². The number of fused-ring (bicyclic) bond motifs is 5. The number of carbonyl (C=O) groups is 3. The Hall–Kier alpha value is -3.03. The maximum atomic E-state index is 12.6. The molecule has 0 unspecified atom stereocenters. The van der Waals surface area contributed by atoms with E-state index in [1.807, 2.05) is 24.3 Å². The molecule has 4 rings (SSSR count). The van der Waals surface area contributed by atoms with Crippen LogP contribution >= 0.6 is 0 Å². The summed E-state index contributed by atoms with van der Waals surface area (Å²) in [6.07, 6.45) is 1.04. The molecule has 1 aromatic heterocycles. The predicted octanol–water partition coefficient (Wildman–Crippen LogP) is 0.750. The molecule has 0 saturated carbocycles. The Morgan fingerprint density at radius 3 is 2.92 bits per heavy atom. The highest BCUT2D eigenvalue weighted by molar-refractivity contribution is 5.93. The first-order chi connectivity index (χ1) is 12.1. The largest absolute Gasteiger partial charge is 0.480 e. The van der Waals surface area contributed by atoms with E-state index in [1.165, 1.54) is 0 Å². The van der Waals surface area contributed by atoms with E-state index in [4.69, 9.17) is 5.11 Å². The second-order valence-corrected chi connectivity index (χ2v) is 6.34. The minimum absolute atomic E-state index is 0.217. The van der Waals surface area contributed by atoms with Crippen molar-refractivity contribution in [2.45, 2.75) is 24.9 Å². The molecule has 2 aromatic rings. The molecule has 2 atom stereocenters. The number of nitrogens with one attached hydrogen (secondary N) is 3. The molecule has 0 spiro atoms. The summed E-state index contributed by atoms with van der Waals surface area (Å²) in [5.74, 6) is -1.56. The van der Waals surface area contributed by atoms with Crippen LogP contribution in [0.25, 0.3) is 10.9 Å². The van der Waals surface area contributed by atoms with Crippen molar-refractivity contribution in [3.05, 3.63) is 35.5 Å². The maximum absolute atomic E-state index is 12.6. The molecule has 8 heteroatoms. The summed E-state index contributed by atoms with van der Waals surface area (Å²) in [4.78, 5) is 40.7. The van der Waals surface area contributed by atoms with Crippen LogP contribution in [-0.2, 0) is 16.0 Å². The van der Waals surface area contributed by atoms with Crippen molar-refractivity contribution in [1.82, 2.24) is 20.5 Å². The summed E-state index contributed by atoms with van der Waals surface area (Å²) in [6.45, 7) is 0.0778. The van der Waals surface area contributed by atoms with Gasteiger partial charge in [0, 0.05) is 29.6 Å². The third-order valence-electron chi connectivity index (χ3n) is 4.89. The van der Waals surface area contributed by atoms with Crippen LogP contribution in [0.2, 0.25) is 0 Å². The first kappa shape index (κ1) is 15.5. The number of aromatic nitrogens is 1. The van der Waals surface area contributed by atoms with Gasteiger partial charge in [0.25, 0.3) is 0 Å². The lowest BCUT2D eigenvalue weighted by atomic mass is 9.89. The van der Waals surface area contributed by atoms with Gasteiger partial charge in [0.2, 0.25) is 5.91 Å². The minimum atomic E-state index is -1.11. The fraction of sp³-hybridized carbons (Fsp3) is 0.353. The zero-order chi connectivity index (χ0) is 17.6. The molecule has 25 heavy (non-hydrogen) atoms. The highest BCUT2D eigenvalue weighted by Crippen LogP contribution is 2.39. The highest BCUT2D eigenvalue weighted by atomic mass is 16.4. The minimum Gasteiger partial charge on any atom is -0.480 e. The number of carbonyl (C=O) groups excluding carboxylic acids is 2. The Morgan fingerprint density at radius 1 is 1.32 bits per heavy atom. The van der Waals surface area contributed by atoms with E-state index in [0.717, 1.165) is 22.2 Å². The number of urea groups is 1. The Balaban J connectivity index is 1.76. The van der Waals surface area contributed by atoms with E-state index >= 15 is 0 Å². The summed E-state index contributed by atoms with van der Waals surface area (Å²) in [5.41, 5.74) is 2.98. The van der Waals surface area contributed by atoms with Crippen LogP contribution < -0.4 is 10.6 Å². The van der Waals surface area contributed by atoms with E-state index < -0.39 is 24.5 Å². The molecule has 0 radical (unpaired) electrons. The molecule has 4 N–H and O–H groups in total. The standard InChI is InChI=1S/C17H18N4O4/c22-14(23)8-19-16(24)13-7-10-9-3-1-2-4-11(9)20-15(10)12-5-6-18-17(25)21(12)13/h1-4,12-13,20H,5-8H2,(H,18,25)(H,19,24)(H,22,23)/t12-,13+/m1/s1. The number of aliphatic carboxylic acids is 1. The van der Waals surface area contributed by atoms with Crippen molar-refractivity contribution in [3.8, 4) is 0 Å². The van der Waals surface area contributed by atoms with Crippen LogP contribution in [0.1, 0.15) is 23.7 Å². The van der Waals surface area contributed by atoms with Gasteiger partial charge in [-0.25, -0.2) is 4.79 Å². The number of hydrogen-bond donors (Lipinski definition) is 4. The zero-order valence-electron chi connectivity index (χ0n) is 13.4. The molecular weight excluding hydrogens is 324 g/mol. The number of benzene rings is 1. The van der Waals surface area contributed by atoms with E-state index in [0.29, 0.717) is 19.4 Å². The van der Waals surface area contributed by atoms with Gasteiger partial charge in [-0.3, -0.25) is 9.59 Å². The molecule has 8 nitrogen and oxygen atoms in total. The van der Waals surface area contributed by atoms with Crippen molar-refractivity contribution in [2.24, 2.45) is 0 Å². The second-order valence-electron chi connectivity index (χ2n) is 6.34. The number of carboxylic acids is 1. The van der Waals surface area contributed by atoms with Crippen molar-refractivity contribution < 1.29 is 19.5 Å². The van der Waals surface area contributed by atoms with Crippen LogP contribution in [0.3, 0.4) is 0 Å². The van der Waals surface area contributed by atoms with Gasteiger partial charge in [-0.2, -0.15) is 0 Å². The fourth-order valence-corrected chi connectivity index (χ4v) is 3.85. The van der Waals surface area contributed by atoms with E-state index in [2.05, 4.69) is 15.6 Å². The lowest BCUT2D eigenvalue weighted by Gasteiger charge is -2.43. The normalized spacial score (nSPS) is 22.1. The second kappa shape index (κ2) is 5.80. The van der Waals surface area contributed by atoms with Gasteiger partial charge in [-0.15, -0.1) is 0 Å². The molecule has 130 valence electrons. The molecule has 0 aliphatic carbocycles. The van der Waals surface area contributed by atoms with Gasteiger partial charge < -0.3 is 25.6 Å². The van der Waals surface area contributed by atoms with E-state index in [-0.39, 0.29) is 12.1 Å². The van der Waals surface area contributed by atoms with Gasteiger partial charge in [-0.05, 0) is 18.1 Å². The number of rotatable bonds is 3. The molecule has 2 aliphatic rings. The molecule has 1 fully saturated rings. The van der Waals surface area contributed by atoms with Crippen LogP contribution in [0.5, 0.6) is 0 Å². The molecule has 2 aliphatic heterocycles.